The largest absolute Gasteiger partial charge is 0.481 e. The first-order valence-electron chi connectivity index (χ1n) is 5.71. The number of aliphatic carboxylic acids is 2. The van der Waals surface area contributed by atoms with Gasteiger partial charge in [-0.1, -0.05) is 12.8 Å². The summed E-state index contributed by atoms with van der Waals surface area (Å²) in [5, 5.41) is 27.2. The SMILES string of the molecule is O=C(O)C[C@@H](C(=O)O)P(=O)(O)[C@H]1CCCC[C@@H]1O. The van der Waals surface area contributed by atoms with Crippen molar-refractivity contribution in [3.05, 3.63) is 0 Å². The van der Waals surface area contributed by atoms with Gasteiger partial charge < -0.3 is 20.2 Å². The summed E-state index contributed by atoms with van der Waals surface area (Å²) in [6.45, 7) is 0. The molecule has 1 aliphatic carbocycles. The maximum absolute atomic E-state index is 12.2. The first kappa shape index (κ1) is 15.1. The van der Waals surface area contributed by atoms with Crippen LogP contribution in [0.5, 0.6) is 0 Å². The summed E-state index contributed by atoms with van der Waals surface area (Å²) in [6, 6.07) is 0. The summed E-state index contributed by atoms with van der Waals surface area (Å²) in [6.07, 6.45) is -0.00972. The van der Waals surface area contributed by atoms with E-state index in [0.717, 1.165) is 0 Å². The van der Waals surface area contributed by atoms with E-state index in [1.807, 2.05) is 0 Å². The van der Waals surface area contributed by atoms with Crippen LogP contribution in [0.3, 0.4) is 0 Å². The average Bonchev–Trinajstić information content (AvgIpc) is 2.25. The third kappa shape index (κ3) is 3.31. The average molecular weight is 280 g/mol. The van der Waals surface area contributed by atoms with Crippen LogP contribution < -0.4 is 0 Å². The molecule has 0 saturated heterocycles. The molecular formula is C10H17O7P. The Morgan fingerprint density at radius 2 is 1.78 bits per heavy atom. The highest BCUT2D eigenvalue weighted by Crippen LogP contribution is 2.56. The molecule has 1 aliphatic rings. The monoisotopic (exact) mass is 280 g/mol. The summed E-state index contributed by atoms with van der Waals surface area (Å²) in [5.41, 5.74) is -2.89. The topological polar surface area (TPSA) is 132 Å². The van der Waals surface area contributed by atoms with Crippen molar-refractivity contribution in [1.29, 1.82) is 0 Å². The molecule has 0 aromatic rings. The first-order chi connectivity index (χ1) is 8.26. The van der Waals surface area contributed by atoms with Crippen LogP contribution >= 0.6 is 7.37 Å². The van der Waals surface area contributed by atoms with E-state index >= 15 is 0 Å². The molecule has 104 valence electrons. The third-order valence-electron chi connectivity index (χ3n) is 3.27. The molecule has 0 spiro atoms. The van der Waals surface area contributed by atoms with Gasteiger partial charge in [-0.15, -0.1) is 0 Å². The number of rotatable bonds is 5. The van der Waals surface area contributed by atoms with Gasteiger partial charge in [-0.05, 0) is 12.8 Å². The van der Waals surface area contributed by atoms with Gasteiger partial charge in [0.05, 0.1) is 18.2 Å². The Bertz CT molecular complexity index is 380. The van der Waals surface area contributed by atoms with Crippen LogP contribution in [0.25, 0.3) is 0 Å². The lowest BCUT2D eigenvalue weighted by Crippen LogP contribution is -2.36. The van der Waals surface area contributed by atoms with E-state index in [9.17, 15) is 24.2 Å². The third-order valence-corrected chi connectivity index (χ3v) is 6.12. The second-order valence-electron chi connectivity index (χ2n) is 4.54. The number of carbonyl (C=O) groups is 2. The number of carboxylic acids is 2. The molecular weight excluding hydrogens is 263 g/mol. The van der Waals surface area contributed by atoms with Crippen molar-refractivity contribution in [3.8, 4) is 0 Å². The zero-order valence-electron chi connectivity index (χ0n) is 9.73. The van der Waals surface area contributed by atoms with Gasteiger partial charge in [0.15, 0.2) is 0 Å². The lowest BCUT2D eigenvalue weighted by molar-refractivity contribution is -0.143. The predicted octanol–water partition coefficient (Wildman–Crippen LogP) is 0.488. The van der Waals surface area contributed by atoms with Gasteiger partial charge in [0, 0.05) is 0 Å². The highest BCUT2D eigenvalue weighted by molar-refractivity contribution is 7.60. The minimum absolute atomic E-state index is 0.248. The van der Waals surface area contributed by atoms with Crippen LogP contribution in [-0.4, -0.2) is 49.6 Å². The number of aliphatic hydroxyl groups excluding tert-OH is 1. The molecule has 0 radical (unpaired) electrons. The lowest BCUT2D eigenvalue weighted by atomic mass is 9.97. The van der Waals surface area contributed by atoms with Gasteiger partial charge >= 0.3 is 11.9 Å². The zero-order chi connectivity index (χ0) is 13.9. The quantitative estimate of drug-likeness (QED) is 0.538. The highest BCUT2D eigenvalue weighted by atomic mass is 31.2. The number of aliphatic hydroxyl groups is 1. The van der Waals surface area contributed by atoms with Gasteiger partial charge in [-0.25, -0.2) is 0 Å². The molecule has 7 nitrogen and oxygen atoms in total. The second-order valence-corrected chi connectivity index (χ2v) is 7.18. The minimum Gasteiger partial charge on any atom is -0.481 e. The molecule has 0 aromatic heterocycles. The predicted molar refractivity (Wildman–Crippen MR) is 61.8 cm³/mol. The Morgan fingerprint density at radius 1 is 1.22 bits per heavy atom. The molecule has 1 saturated carbocycles. The molecule has 0 bridgehead atoms. The van der Waals surface area contributed by atoms with Crippen LogP contribution in [0.4, 0.5) is 0 Å². The Morgan fingerprint density at radius 3 is 2.22 bits per heavy atom. The van der Waals surface area contributed by atoms with Crippen LogP contribution in [0.2, 0.25) is 0 Å². The molecule has 0 heterocycles. The maximum atomic E-state index is 12.2. The van der Waals surface area contributed by atoms with E-state index in [2.05, 4.69) is 0 Å². The van der Waals surface area contributed by atoms with Crippen molar-refractivity contribution in [2.75, 3.05) is 0 Å². The molecule has 0 amide bonds. The number of carboxylic acid groups (broad SMARTS) is 2. The smallest absolute Gasteiger partial charge is 0.316 e. The van der Waals surface area contributed by atoms with Gasteiger partial charge in [0.2, 0.25) is 7.37 Å². The number of hydrogen-bond acceptors (Lipinski definition) is 4. The van der Waals surface area contributed by atoms with Crippen LogP contribution in [0.15, 0.2) is 0 Å². The Kier molecular flexibility index (Phi) is 4.90. The van der Waals surface area contributed by atoms with Crippen molar-refractivity contribution in [2.24, 2.45) is 0 Å². The van der Waals surface area contributed by atoms with Gasteiger partial charge in [0.25, 0.3) is 0 Å². The summed E-state index contributed by atoms with van der Waals surface area (Å²) in [7, 11) is -4.27. The molecule has 0 aliphatic heterocycles. The van der Waals surface area contributed by atoms with Crippen LogP contribution in [0.1, 0.15) is 32.1 Å². The van der Waals surface area contributed by atoms with Gasteiger partial charge in [-0.2, -0.15) is 0 Å². The number of hydrogen-bond donors (Lipinski definition) is 4. The van der Waals surface area contributed by atoms with E-state index in [1.165, 1.54) is 0 Å². The van der Waals surface area contributed by atoms with Crippen LogP contribution in [0, 0.1) is 0 Å². The Hall–Kier alpha value is -0.910. The summed E-state index contributed by atoms with van der Waals surface area (Å²) < 4.78 is 12.2. The van der Waals surface area contributed by atoms with E-state index in [1.54, 1.807) is 0 Å². The standard InChI is InChI=1S/C10H17O7P/c11-6-3-1-2-4-7(6)18(16,17)8(10(14)15)5-9(12)13/h6-8,11H,1-5H2,(H,12,13)(H,14,15)(H,16,17)/t6-,7-,8-/m0/s1. The normalized spacial score (nSPS) is 29.2. The molecule has 4 N–H and O–H groups in total. The lowest BCUT2D eigenvalue weighted by Gasteiger charge is -2.33. The van der Waals surface area contributed by atoms with Gasteiger partial charge in [0.1, 0.15) is 5.66 Å². The second kappa shape index (κ2) is 5.82. The van der Waals surface area contributed by atoms with Crippen LogP contribution in [-0.2, 0) is 14.2 Å². The van der Waals surface area contributed by atoms with Crippen molar-refractivity contribution >= 4 is 19.3 Å². The summed E-state index contributed by atoms with van der Waals surface area (Å²) in [4.78, 5) is 31.5. The maximum Gasteiger partial charge on any atom is 0.316 e. The van der Waals surface area contributed by atoms with E-state index in [4.69, 9.17) is 10.2 Å². The van der Waals surface area contributed by atoms with Gasteiger partial charge in [-0.3, -0.25) is 14.2 Å². The van der Waals surface area contributed by atoms with Crippen molar-refractivity contribution in [1.82, 2.24) is 0 Å². The first-order valence-corrected chi connectivity index (χ1v) is 7.51. The zero-order valence-corrected chi connectivity index (χ0v) is 10.6. The molecule has 1 unspecified atom stereocenters. The van der Waals surface area contributed by atoms with Crippen molar-refractivity contribution in [2.45, 2.75) is 49.5 Å². The molecule has 0 aromatic carbocycles. The van der Waals surface area contributed by atoms with Crippen molar-refractivity contribution in [3.63, 3.8) is 0 Å². The molecule has 1 fully saturated rings. The fraction of sp³-hybridized carbons (Fsp3) is 0.800. The minimum atomic E-state index is -4.27. The Labute approximate surface area is 104 Å². The summed E-state index contributed by atoms with van der Waals surface area (Å²) >= 11 is 0. The summed E-state index contributed by atoms with van der Waals surface area (Å²) in [5.74, 6) is -3.05. The van der Waals surface area contributed by atoms with E-state index in [0.29, 0.717) is 19.3 Å². The van der Waals surface area contributed by atoms with E-state index < -0.39 is 43.2 Å². The highest BCUT2D eigenvalue weighted by Gasteiger charge is 2.47. The Balaban J connectivity index is 2.96. The molecule has 18 heavy (non-hydrogen) atoms. The molecule has 4 atom stereocenters. The fourth-order valence-corrected chi connectivity index (χ4v) is 4.69. The van der Waals surface area contributed by atoms with Crippen molar-refractivity contribution < 1.29 is 34.4 Å². The molecule has 1 rings (SSSR count). The van der Waals surface area contributed by atoms with E-state index in [-0.39, 0.29) is 6.42 Å². The molecule has 8 heteroatoms. The fourth-order valence-electron chi connectivity index (χ4n) is 2.30.